The second kappa shape index (κ2) is 4.09. The maximum atomic E-state index is 11.5. The van der Waals surface area contributed by atoms with Gasteiger partial charge in [0.1, 0.15) is 0 Å². The molecule has 0 atom stereocenters. The highest BCUT2D eigenvalue weighted by Crippen LogP contribution is 2.42. The van der Waals surface area contributed by atoms with Gasteiger partial charge in [-0.2, -0.15) is 0 Å². The summed E-state index contributed by atoms with van der Waals surface area (Å²) in [6.45, 7) is 4.61. The molecule has 0 bridgehead atoms. The normalized spacial score (nSPS) is 19.7. The van der Waals surface area contributed by atoms with Crippen LogP contribution in [0.2, 0.25) is 0 Å². The van der Waals surface area contributed by atoms with Crippen molar-refractivity contribution in [3.05, 3.63) is 0 Å². The van der Waals surface area contributed by atoms with Gasteiger partial charge in [0, 0.05) is 12.5 Å². The van der Waals surface area contributed by atoms with Gasteiger partial charge in [0.15, 0.2) is 0 Å². The molecule has 0 aromatic heterocycles. The standard InChI is InChI=1S/C10H20N2O/c1-8(2)12-9(13)6-10(7-11)4-3-5-10/h8H,3-7,11H2,1-2H3,(H,12,13). The molecule has 13 heavy (non-hydrogen) atoms. The Morgan fingerprint density at radius 3 is 2.46 bits per heavy atom. The van der Waals surface area contributed by atoms with Gasteiger partial charge in [0.25, 0.3) is 0 Å². The molecule has 1 amide bonds. The third kappa shape index (κ3) is 2.69. The van der Waals surface area contributed by atoms with Crippen LogP contribution in [-0.4, -0.2) is 18.5 Å². The second-order valence-electron chi connectivity index (χ2n) is 4.46. The van der Waals surface area contributed by atoms with Gasteiger partial charge in [0.05, 0.1) is 0 Å². The van der Waals surface area contributed by atoms with Crippen LogP contribution >= 0.6 is 0 Å². The first-order valence-electron chi connectivity index (χ1n) is 5.07. The fourth-order valence-corrected chi connectivity index (χ4v) is 1.84. The van der Waals surface area contributed by atoms with Gasteiger partial charge in [-0.15, -0.1) is 0 Å². The van der Waals surface area contributed by atoms with Crippen molar-refractivity contribution in [2.24, 2.45) is 11.1 Å². The molecule has 0 heterocycles. The minimum Gasteiger partial charge on any atom is -0.354 e. The molecule has 0 aromatic rings. The molecule has 76 valence electrons. The van der Waals surface area contributed by atoms with Gasteiger partial charge >= 0.3 is 0 Å². The van der Waals surface area contributed by atoms with E-state index in [9.17, 15) is 4.79 Å². The van der Waals surface area contributed by atoms with E-state index in [-0.39, 0.29) is 17.4 Å². The highest BCUT2D eigenvalue weighted by atomic mass is 16.1. The Morgan fingerprint density at radius 1 is 1.54 bits per heavy atom. The Hall–Kier alpha value is -0.570. The summed E-state index contributed by atoms with van der Waals surface area (Å²) in [5.74, 6) is 0.153. The van der Waals surface area contributed by atoms with Crippen LogP contribution in [0.5, 0.6) is 0 Å². The predicted octanol–water partition coefficient (Wildman–Crippen LogP) is 1.03. The number of hydrogen-bond acceptors (Lipinski definition) is 2. The van der Waals surface area contributed by atoms with Crippen LogP contribution in [0.25, 0.3) is 0 Å². The number of rotatable bonds is 4. The Balaban J connectivity index is 2.34. The lowest BCUT2D eigenvalue weighted by molar-refractivity contribution is -0.125. The minimum atomic E-state index is 0.138. The highest BCUT2D eigenvalue weighted by Gasteiger charge is 2.37. The SMILES string of the molecule is CC(C)NC(=O)CC1(CN)CCC1. The van der Waals surface area contributed by atoms with Crippen molar-refractivity contribution in [3.63, 3.8) is 0 Å². The number of hydrogen-bond donors (Lipinski definition) is 2. The van der Waals surface area contributed by atoms with Crippen molar-refractivity contribution in [1.82, 2.24) is 5.32 Å². The third-order valence-electron chi connectivity index (χ3n) is 2.83. The lowest BCUT2D eigenvalue weighted by atomic mass is 9.66. The van der Waals surface area contributed by atoms with Crippen molar-refractivity contribution in [2.75, 3.05) is 6.54 Å². The molecule has 0 radical (unpaired) electrons. The number of nitrogens with one attached hydrogen (secondary N) is 1. The molecule has 1 aliphatic rings. The van der Waals surface area contributed by atoms with E-state index in [0.717, 1.165) is 12.8 Å². The van der Waals surface area contributed by atoms with Crippen molar-refractivity contribution in [3.8, 4) is 0 Å². The molecule has 3 N–H and O–H groups in total. The molecule has 1 saturated carbocycles. The van der Waals surface area contributed by atoms with Crippen LogP contribution in [0.4, 0.5) is 0 Å². The van der Waals surface area contributed by atoms with Gasteiger partial charge in [0.2, 0.25) is 5.91 Å². The monoisotopic (exact) mass is 184 g/mol. The zero-order chi connectivity index (χ0) is 9.90. The molecule has 3 heteroatoms. The van der Waals surface area contributed by atoms with Crippen LogP contribution in [0.3, 0.4) is 0 Å². The Morgan fingerprint density at radius 2 is 2.15 bits per heavy atom. The summed E-state index contributed by atoms with van der Waals surface area (Å²) in [7, 11) is 0. The molecule has 3 nitrogen and oxygen atoms in total. The van der Waals surface area contributed by atoms with Gasteiger partial charge in [-0.05, 0) is 38.6 Å². The summed E-state index contributed by atoms with van der Waals surface area (Å²) in [5, 5.41) is 2.91. The lowest BCUT2D eigenvalue weighted by Gasteiger charge is -2.40. The molecular formula is C10H20N2O. The van der Waals surface area contributed by atoms with Gasteiger partial charge < -0.3 is 11.1 Å². The van der Waals surface area contributed by atoms with Crippen molar-refractivity contribution < 1.29 is 4.79 Å². The Labute approximate surface area is 80.1 Å². The van der Waals surface area contributed by atoms with E-state index in [0.29, 0.717) is 13.0 Å². The molecule has 1 aliphatic carbocycles. The first-order valence-corrected chi connectivity index (χ1v) is 5.07. The van der Waals surface area contributed by atoms with Crippen LogP contribution in [-0.2, 0) is 4.79 Å². The minimum absolute atomic E-state index is 0.138. The van der Waals surface area contributed by atoms with Crippen molar-refractivity contribution in [1.29, 1.82) is 0 Å². The largest absolute Gasteiger partial charge is 0.354 e. The number of carbonyl (C=O) groups excluding carboxylic acids is 1. The molecule has 1 fully saturated rings. The van der Waals surface area contributed by atoms with E-state index in [1.165, 1.54) is 6.42 Å². The van der Waals surface area contributed by atoms with Crippen molar-refractivity contribution >= 4 is 5.91 Å². The van der Waals surface area contributed by atoms with E-state index in [1.807, 2.05) is 13.8 Å². The highest BCUT2D eigenvalue weighted by molar-refractivity contribution is 5.77. The number of nitrogens with two attached hydrogens (primary N) is 1. The molecule has 0 saturated heterocycles. The van der Waals surface area contributed by atoms with E-state index >= 15 is 0 Å². The fraction of sp³-hybridized carbons (Fsp3) is 0.900. The zero-order valence-electron chi connectivity index (χ0n) is 8.60. The summed E-state index contributed by atoms with van der Waals surface area (Å²) in [4.78, 5) is 11.5. The molecule has 0 aliphatic heterocycles. The first kappa shape index (κ1) is 10.5. The second-order valence-corrected chi connectivity index (χ2v) is 4.46. The molecule has 0 aromatic carbocycles. The third-order valence-corrected chi connectivity index (χ3v) is 2.83. The lowest BCUT2D eigenvalue weighted by Crippen LogP contribution is -2.43. The van der Waals surface area contributed by atoms with Gasteiger partial charge in [-0.25, -0.2) is 0 Å². The number of carbonyl (C=O) groups is 1. The Kier molecular flexibility index (Phi) is 3.31. The van der Waals surface area contributed by atoms with Gasteiger partial charge in [-0.3, -0.25) is 4.79 Å². The molecular weight excluding hydrogens is 164 g/mol. The fourth-order valence-electron chi connectivity index (χ4n) is 1.84. The van der Waals surface area contributed by atoms with E-state index in [2.05, 4.69) is 5.32 Å². The summed E-state index contributed by atoms with van der Waals surface area (Å²) in [6.07, 6.45) is 4.08. The topological polar surface area (TPSA) is 55.1 Å². The molecule has 0 unspecified atom stereocenters. The smallest absolute Gasteiger partial charge is 0.220 e. The van der Waals surface area contributed by atoms with Crippen LogP contribution in [0.15, 0.2) is 0 Å². The average molecular weight is 184 g/mol. The van der Waals surface area contributed by atoms with Crippen LogP contribution < -0.4 is 11.1 Å². The van der Waals surface area contributed by atoms with Gasteiger partial charge in [-0.1, -0.05) is 6.42 Å². The summed E-state index contributed by atoms with van der Waals surface area (Å²) < 4.78 is 0. The maximum Gasteiger partial charge on any atom is 0.220 e. The molecule has 0 spiro atoms. The van der Waals surface area contributed by atoms with Crippen LogP contribution in [0.1, 0.15) is 39.5 Å². The first-order chi connectivity index (χ1) is 6.08. The summed E-state index contributed by atoms with van der Waals surface area (Å²) >= 11 is 0. The van der Waals surface area contributed by atoms with Crippen LogP contribution in [0, 0.1) is 5.41 Å². The quantitative estimate of drug-likeness (QED) is 0.685. The van der Waals surface area contributed by atoms with E-state index in [4.69, 9.17) is 5.73 Å². The van der Waals surface area contributed by atoms with E-state index < -0.39 is 0 Å². The molecule has 1 rings (SSSR count). The zero-order valence-corrected chi connectivity index (χ0v) is 8.60. The number of amides is 1. The predicted molar refractivity (Wildman–Crippen MR) is 53.2 cm³/mol. The average Bonchev–Trinajstić information content (AvgIpc) is 1.95. The summed E-state index contributed by atoms with van der Waals surface area (Å²) in [6, 6.07) is 0.238. The van der Waals surface area contributed by atoms with E-state index in [1.54, 1.807) is 0 Å². The summed E-state index contributed by atoms with van der Waals surface area (Å²) in [5.41, 5.74) is 5.81. The maximum absolute atomic E-state index is 11.5. The Bertz CT molecular complexity index is 180. The van der Waals surface area contributed by atoms with Crippen molar-refractivity contribution in [2.45, 2.75) is 45.6 Å².